The second kappa shape index (κ2) is 5.12. The molecule has 0 saturated heterocycles. The van der Waals surface area contributed by atoms with E-state index in [2.05, 4.69) is 10.2 Å². The van der Waals surface area contributed by atoms with Gasteiger partial charge in [-0.15, -0.1) is 0 Å². The van der Waals surface area contributed by atoms with Gasteiger partial charge >= 0.3 is 0 Å². The average Bonchev–Trinajstić information content (AvgIpc) is 2.64. The number of aromatic amines is 1. The maximum Gasteiger partial charge on any atom is 0.195 e. The first-order valence-corrected chi connectivity index (χ1v) is 6.31. The highest BCUT2D eigenvalue weighted by Gasteiger charge is 2.14. The summed E-state index contributed by atoms with van der Waals surface area (Å²) in [5.41, 5.74) is 0.992. The van der Waals surface area contributed by atoms with E-state index in [4.69, 9.17) is 28.6 Å². The summed E-state index contributed by atoms with van der Waals surface area (Å²) in [6.45, 7) is 3.88. The van der Waals surface area contributed by atoms with Crippen molar-refractivity contribution in [1.82, 2.24) is 14.8 Å². The van der Waals surface area contributed by atoms with Crippen molar-refractivity contribution in [2.75, 3.05) is 0 Å². The molecular weight excluding hydrogens is 270 g/mol. The molecule has 1 aromatic carbocycles. The summed E-state index contributed by atoms with van der Waals surface area (Å²) in [5.74, 6) is 1.55. The lowest BCUT2D eigenvalue weighted by Gasteiger charge is -2.15. The van der Waals surface area contributed by atoms with Gasteiger partial charge in [-0.3, -0.25) is 5.10 Å². The van der Waals surface area contributed by atoms with Crippen molar-refractivity contribution >= 4 is 23.8 Å². The molecule has 2 rings (SSSR count). The van der Waals surface area contributed by atoms with E-state index in [9.17, 15) is 0 Å². The fraction of sp³-hybridized carbons (Fsp3) is 0.333. The van der Waals surface area contributed by atoms with Gasteiger partial charge in [-0.2, -0.15) is 5.10 Å². The van der Waals surface area contributed by atoms with Crippen LogP contribution in [0.3, 0.4) is 0 Å². The molecular formula is C12H14ClN3OS. The van der Waals surface area contributed by atoms with Gasteiger partial charge < -0.3 is 9.30 Å². The van der Waals surface area contributed by atoms with E-state index in [1.165, 1.54) is 0 Å². The molecule has 0 fully saturated rings. The predicted octanol–water partition coefficient (Wildman–Crippen LogP) is 3.58. The highest BCUT2D eigenvalue weighted by atomic mass is 35.5. The summed E-state index contributed by atoms with van der Waals surface area (Å²) in [5, 5.41) is 7.60. The van der Waals surface area contributed by atoms with Gasteiger partial charge in [0.2, 0.25) is 0 Å². The fourth-order valence-corrected chi connectivity index (χ4v) is 2.08. The molecule has 6 heteroatoms. The summed E-state index contributed by atoms with van der Waals surface area (Å²) >= 11 is 11.0. The lowest BCUT2D eigenvalue weighted by atomic mass is 10.2. The van der Waals surface area contributed by atoms with Crippen LogP contribution in [0.5, 0.6) is 5.75 Å². The largest absolute Gasteiger partial charge is 0.482 e. The molecule has 0 aliphatic heterocycles. The molecule has 0 bridgehead atoms. The maximum atomic E-state index is 5.91. The number of hydrogen-bond acceptors (Lipinski definition) is 3. The number of aryl methyl sites for hydroxylation is 1. The standard InChI is InChI=1S/C12H14ClN3OS/c1-7-6-9(13)4-5-10(7)17-8(2)11-14-15-12(18)16(11)3/h4-6,8H,1-3H3,(H,15,18). The first kappa shape index (κ1) is 13.1. The highest BCUT2D eigenvalue weighted by molar-refractivity contribution is 7.71. The topological polar surface area (TPSA) is 42.8 Å². The van der Waals surface area contributed by atoms with Crippen molar-refractivity contribution in [2.45, 2.75) is 20.0 Å². The molecule has 1 unspecified atom stereocenters. The minimum atomic E-state index is -0.192. The van der Waals surface area contributed by atoms with Crippen molar-refractivity contribution in [3.63, 3.8) is 0 Å². The average molecular weight is 284 g/mol. The van der Waals surface area contributed by atoms with Crippen molar-refractivity contribution in [1.29, 1.82) is 0 Å². The minimum Gasteiger partial charge on any atom is -0.482 e. The number of hydrogen-bond donors (Lipinski definition) is 1. The zero-order valence-electron chi connectivity index (χ0n) is 10.4. The van der Waals surface area contributed by atoms with Crippen LogP contribution >= 0.6 is 23.8 Å². The van der Waals surface area contributed by atoms with E-state index in [0.29, 0.717) is 9.79 Å². The Morgan fingerprint density at radius 2 is 2.22 bits per heavy atom. The van der Waals surface area contributed by atoms with Gasteiger partial charge in [0.1, 0.15) is 5.75 Å². The molecule has 0 aliphatic carbocycles. The van der Waals surface area contributed by atoms with Gasteiger partial charge in [-0.25, -0.2) is 0 Å². The molecule has 4 nitrogen and oxygen atoms in total. The van der Waals surface area contributed by atoms with Crippen molar-refractivity contribution in [2.24, 2.45) is 7.05 Å². The number of nitrogens with zero attached hydrogens (tertiary/aromatic N) is 2. The Morgan fingerprint density at radius 1 is 1.50 bits per heavy atom. The SMILES string of the molecule is Cc1cc(Cl)ccc1OC(C)c1n[nH]c(=S)n1C. The third kappa shape index (κ3) is 2.57. The molecule has 0 radical (unpaired) electrons. The lowest BCUT2D eigenvalue weighted by Crippen LogP contribution is -2.10. The van der Waals surface area contributed by atoms with Crippen molar-refractivity contribution in [3.05, 3.63) is 39.4 Å². The Labute approximate surface area is 116 Å². The molecule has 0 spiro atoms. The number of benzene rings is 1. The second-order valence-corrected chi connectivity index (χ2v) is 4.94. The van der Waals surface area contributed by atoms with E-state index in [1.807, 2.05) is 33.0 Å². The summed E-state index contributed by atoms with van der Waals surface area (Å²) in [6, 6.07) is 5.53. The second-order valence-electron chi connectivity index (χ2n) is 4.12. The molecule has 0 saturated carbocycles. The van der Waals surface area contributed by atoms with Crippen LogP contribution in [0.25, 0.3) is 0 Å². The normalized spacial score (nSPS) is 12.4. The first-order valence-electron chi connectivity index (χ1n) is 5.53. The van der Waals surface area contributed by atoms with Gasteiger partial charge in [-0.05, 0) is 49.8 Å². The zero-order valence-corrected chi connectivity index (χ0v) is 12.0. The Kier molecular flexibility index (Phi) is 3.73. The smallest absolute Gasteiger partial charge is 0.195 e. The van der Waals surface area contributed by atoms with Crippen LogP contribution in [0.1, 0.15) is 24.4 Å². The number of H-pyrrole nitrogens is 1. The predicted molar refractivity (Wildman–Crippen MR) is 73.6 cm³/mol. The van der Waals surface area contributed by atoms with Crippen LogP contribution in [0.4, 0.5) is 0 Å². The Balaban J connectivity index is 2.24. The Morgan fingerprint density at radius 3 is 2.78 bits per heavy atom. The van der Waals surface area contributed by atoms with Gasteiger partial charge in [0, 0.05) is 12.1 Å². The van der Waals surface area contributed by atoms with Crippen LogP contribution in [0, 0.1) is 11.7 Å². The third-order valence-corrected chi connectivity index (χ3v) is 3.32. The Bertz CT molecular complexity index is 620. The van der Waals surface area contributed by atoms with Crippen molar-refractivity contribution < 1.29 is 4.74 Å². The summed E-state index contributed by atoms with van der Waals surface area (Å²) < 4.78 is 8.25. The molecule has 1 heterocycles. The molecule has 0 amide bonds. The molecule has 1 aromatic heterocycles. The van der Waals surface area contributed by atoms with Gasteiger partial charge in [0.05, 0.1) is 0 Å². The van der Waals surface area contributed by atoms with Crippen molar-refractivity contribution in [3.8, 4) is 5.75 Å². The molecule has 1 N–H and O–H groups in total. The monoisotopic (exact) mass is 283 g/mol. The van der Waals surface area contributed by atoms with E-state index in [-0.39, 0.29) is 6.10 Å². The number of rotatable bonds is 3. The van der Waals surface area contributed by atoms with Crippen LogP contribution in [-0.4, -0.2) is 14.8 Å². The van der Waals surface area contributed by atoms with E-state index < -0.39 is 0 Å². The van der Waals surface area contributed by atoms with E-state index >= 15 is 0 Å². The summed E-state index contributed by atoms with van der Waals surface area (Å²) in [6.07, 6.45) is -0.192. The first-order chi connectivity index (χ1) is 8.49. The molecule has 0 aliphatic rings. The van der Waals surface area contributed by atoms with Crippen LogP contribution in [0.15, 0.2) is 18.2 Å². The summed E-state index contributed by atoms with van der Waals surface area (Å²) in [7, 11) is 1.86. The fourth-order valence-electron chi connectivity index (χ4n) is 1.71. The van der Waals surface area contributed by atoms with Gasteiger partial charge in [-0.1, -0.05) is 11.6 Å². The summed E-state index contributed by atoms with van der Waals surface area (Å²) in [4.78, 5) is 0. The lowest BCUT2D eigenvalue weighted by molar-refractivity contribution is 0.210. The minimum absolute atomic E-state index is 0.192. The molecule has 1 atom stereocenters. The molecule has 2 aromatic rings. The number of halogens is 1. The van der Waals surface area contributed by atoms with Crippen LogP contribution in [0.2, 0.25) is 5.02 Å². The number of nitrogens with one attached hydrogen (secondary N) is 1. The molecule has 18 heavy (non-hydrogen) atoms. The third-order valence-electron chi connectivity index (χ3n) is 2.72. The quantitative estimate of drug-likeness (QED) is 0.876. The van der Waals surface area contributed by atoms with E-state index in [1.54, 1.807) is 10.6 Å². The van der Waals surface area contributed by atoms with Crippen LogP contribution in [-0.2, 0) is 7.05 Å². The van der Waals surface area contributed by atoms with Gasteiger partial charge in [0.25, 0.3) is 0 Å². The Hall–Kier alpha value is -1.33. The number of aromatic nitrogens is 3. The highest BCUT2D eigenvalue weighted by Crippen LogP contribution is 2.26. The van der Waals surface area contributed by atoms with E-state index in [0.717, 1.165) is 17.1 Å². The maximum absolute atomic E-state index is 5.91. The van der Waals surface area contributed by atoms with Gasteiger partial charge in [0.15, 0.2) is 16.7 Å². The van der Waals surface area contributed by atoms with Crippen LogP contribution < -0.4 is 4.74 Å². The number of ether oxygens (including phenoxy) is 1. The molecule has 96 valence electrons. The zero-order chi connectivity index (χ0) is 13.3.